The summed E-state index contributed by atoms with van der Waals surface area (Å²) < 4.78 is 7.54. The van der Waals surface area contributed by atoms with Gasteiger partial charge in [0, 0.05) is 17.0 Å². The van der Waals surface area contributed by atoms with Gasteiger partial charge in [-0.15, -0.1) is 10.2 Å². The molecule has 0 saturated heterocycles. The van der Waals surface area contributed by atoms with Crippen LogP contribution in [0.5, 0.6) is 0 Å². The van der Waals surface area contributed by atoms with E-state index >= 15 is 0 Å². The summed E-state index contributed by atoms with van der Waals surface area (Å²) in [5, 5.41) is 13.8. The van der Waals surface area contributed by atoms with Crippen molar-refractivity contribution in [3.8, 4) is 5.69 Å². The van der Waals surface area contributed by atoms with E-state index in [0.717, 1.165) is 22.5 Å². The predicted molar refractivity (Wildman–Crippen MR) is 95.9 cm³/mol. The van der Waals surface area contributed by atoms with Crippen LogP contribution >= 0.6 is 11.8 Å². The highest BCUT2D eigenvalue weighted by atomic mass is 32.2. The molecule has 2 aromatic heterocycles. The highest BCUT2D eigenvalue weighted by Crippen LogP contribution is 2.41. The molecule has 6 nitrogen and oxygen atoms in total. The van der Waals surface area contributed by atoms with Crippen molar-refractivity contribution < 1.29 is 4.52 Å². The summed E-state index contributed by atoms with van der Waals surface area (Å²) in [7, 11) is 0. The van der Waals surface area contributed by atoms with Gasteiger partial charge in [0.05, 0.1) is 5.75 Å². The quantitative estimate of drug-likeness (QED) is 0.641. The molecular formula is C18H21N5OS. The lowest BCUT2D eigenvalue weighted by Crippen LogP contribution is -2.13. The number of thioether (sulfide) groups is 1. The molecule has 0 aliphatic heterocycles. The SMILES string of the molecule is CC(C)(C)c1noc(CSc2nnc(C3CC3)n2-c2ccccc2)n1. The second-order valence-electron chi connectivity index (χ2n) is 7.34. The van der Waals surface area contributed by atoms with E-state index in [1.54, 1.807) is 11.8 Å². The Bertz CT molecular complexity index is 861. The number of nitrogens with zero attached hydrogens (tertiary/aromatic N) is 5. The van der Waals surface area contributed by atoms with E-state index in [0.29, 0.717) is 17.6 Å². The highest BCUT2D eigenvalue weighted by Gasteiger charge is 2.31. The molecule has 0 unspecified atom stereocenters. The number of hydrogen-bond acceptors (Lipinski definition) is 6. The summed E-state index contributed by atoms with van der Waals surface area (Å²) in [6, 6.07) is 10.3. The van der Waals surface area contributed by atoms with Gasteiger partial charge in [-0.2, -0.15) is 4.98 Å². The van der Waals surface area contributed by atoms with Crippen LogP contribution in [0, 0.1) is 0 Å². The minimum absolute atomic E-state index is 0.115. The topological polar surface area (TPSA) is 69.6 Å². The molecule has 0 radical (unpaired) electrons. The number of aromatic nitrogens is 5. The van der Waals surface area contributed by atoms with Crippen molar-refractivity contribution in [2.75, 3.05) is 0 Å². The van der Waals surface area contributed by atoms with Crippen LogP contribution in [0.1, 0.15) is 57.1 Å². The third kappa shape index (κ3) is 3.46. The maximum Gasteiger partial charge on any atom is 0.237 e. The van der Waals surface area contributed by atoms with Crippen LogP contribution in [0.15, 0.2) is 40.0 Å². The molecule has 0 N–H and O–H groups in total. The molecule has 2 heterocycles. The number of benzene rings is 1. The Balaban J connectivity index is 1.58. The summed E-state index contributed by atoms with van der Waals surface area (Å²) in [5.74, 6) is 3.50. The van der Waals surface area contributed by atoms with Crippen molar-refractivity contribution in [3.63, 3.8) is 0 Å². The van der Waals surface area contributed by atoms with Crippen molar-refractivity contribution in [1.29, 1.82) is 0 Å². The van der Waals surface area contributed by atoms with Crippen molar-refractivity contribution in [2.24, 2.45) is 0 Å². The van der Waals surface area contributed by atoms with E-state index in [9.17, 15) is 0 Å². The van der Waals surface area contributed by atoms with E-state index < -0.39 is 0 Å². The minimum Gasteiger partial charge on any atom is -0.338 e. The lowest BCUT2D eigenvalue weighted by molar-refractivity contribution is 0.372. The van der Waals surface area contributed by atoms with Gasteiger partial charge in [-0.3, -0.25) is 4.57 Å². The van der Waals surface area contributed by atoms with Gasteiger partial charge >= 0.3 is 0 Å². The maximum absolute atomic E-state index is 5.39. The lowest BCUT2D eigenvalue weighted by Gasteiger charge is -2.10. The first-order valence-electron chi connectivity index (χ1n) is 8.49. The molecule has 1 aromatic carbocycles. The van der Waals surface area contributed by atoms with Gasteiger partial charge in [0.25, 0.3) is 0 Å². The first kappa shape index (κ1) is 16.3. The van der Waals surface area contributed by atoms with Gasteiger partial charge in [-0.05, 0) is 25.0 Å². The zero-order valence-electron chi connectivity index (χ0n) is 14.6. The fourth-order valence-electron chi connectivity index (χ4n) is 2.54. The van der Waals surface area contributed by atoms with Crippen LogP contribution in [-0.2, 0) is 11.2 Å². The molecule has 7 heteroatoms. The molecule has 1 saturated carbocycles. The Labute approximate surface area is 151 Å². The van der Waals surface area contributed by atoms with Gasteiger partial charge in [0.2, 0.25) is 5.89 Å². The molecule has 0 amide bonds. The maximum atomic E-state index is 5.39. The summed E-state index contributed by atoms with van der Waals surface area (Å²) in [4.78, 5) is 4.50. The second kappa shape index (κ2) is 6.29. The van der Waals surface area contributed by atoms with Crippen LogP contribution in [0.2, 0.25) is 0 Å². The largest absolute Gasteiger partial charge is 0.338 e. The van der Waals surface area contributed by atoms with Crippen molar-refractivity contribution in [3.05, 3.63) is 47.9 Å². The Kier molecular flexibility index (Phi) is 4.11. The third-order valence-corrected chi connectivity index (χ3v) is 4.99. The highest BCUT2D eigenvalue weighted by molar-refractivity contribution is 7.98. The predicted octanol–water partition coefficient (Wildman–Crippen LogP) is 4.12. The Morgan fingerprint density at radius 1 is 1.16 bits per heavy atom. The van der Waals surface area contributed by atoms with E-state index in [4.69, 9.17) is 4.52 Å². The molecule has 0 atom stereocenters. The van der Waals surface area contributed by atoms with E-state index in [2.05, 4.69) is 57.8 Å². The molecule has 3 aromatic rings. The monoisotopic (exact) mass is 355 g/mol. The Hall–Kier alpha value is -2.15. The van der Waals surface area contributed by atoms with Gasteiger partial charge in [0.15, 0.2) is 11.0 Å². The molecule has 25 heavy (non-hydrogen) atoms. The van der Waals surface area contributed by atoms with Crippen LogP contribution < -0.4 is 0 Å². The zero-order chi connectivity index (χ0) is 17.4. The fourth-order valence-corrected chi connectivity index (χ4v) is 3.34. The standard InChI is InChI=1S/C18H21N5OS/c1-18(2,3)16-19-14(24-22-16)11-25-17-21-20-15(12-9-10-12)23(17)13-7-5-4-6-8-13/h4-8,12H,9-11H2,1-3H3. The van der Waals surface area contributed by atoms with E-state index in [-0.39, 0.29) is 5.41 Å². The minimum atomic E-state index is -0.115. The smallest absolute Gasteiger partial charge is 0.237 e. The summed E-state index contributed by atoms with van der Waals surface area (Å²) in [6.07, 6.45) is 2.38. The lowest BCUT2D eigenvalue weighted by atomic mass is 9.96. The average Bonchev–Trinajstić information content (AvgIpc) is 3.16. The molecule has 1 aliphatic rings. The molecule has 1 aliphatic carbocycles. The molecule has 4 rings (SSSR count). The van der Waals surface area contributed by atoms with Gasteiger partial charge in [-0.25, -0.2) is 0 Å². The number of hydrogen-bond donors (Lipinski definition) is 0. The average molecular weight is 355 g/mol. The zero-order valence-corrected chi connectivity index (χ0v) is 15.5. The molecule has 130 valence electrons. The van der Waals surface area contributed by atoms with Gasteiger partial charge < -0.3 is 4.52 Å². The second-order valence-corrected chi connectivity index (χ2v) is 8.28. The van der Waals surface area contributed by atoms with Crippen molar-refractivity contribution in [1.82, 2.24) is 24.9 Å². The van der Waals surface area contributed by atoms with Crippen molar-refractivity contribution in [2.45, 2.75) is 55.9 Å². The first-order valence-corrected chi connectivity index (χ1v) is 9.47. The summed E-state index contributed by atoms with van der Waals surface area (Å²) in [6.45, 7) is 6.22. The van der Waals surface area contributed by atoms with Crippen LogP contribution in [-0.4, -0.2) is 24.9 Å². The third-order valence-electron chi connectivity index (χ3n) is 4.08. The van der Waals surface area contributed by atoms with Crippen LogP contribution in [0.3, 0.4) is 0 Å². The Morgan fingerprint density at radius 3 is 2.56 bits per heavy atom. The molecule has 0 spiro atoms. The molecule has 0 bridgehead atoms. The number of rotatable bonds is 5. The molecular weight excluding hydrogens is 334 g/mol. The first-order chi connectivity index (χ1) is 12.0. The normalized spacial score (nSPS) is 14.8. The van der Waals surface area contributed by atoms with Crippen LogP contribution in [0.25, 0.3) is 5.69 Å². The fraction of sp³-hybridized carbons (Fsp3) is 0.444. The molecule has 1 fully saturated rings. The van der Waals surface area contributed by atoms with Gasteiger partial charge in [0.1, 0.15) is 5.82 Å². The van der Waals surface area contributed by atoms with Crippen LogP contribution in [0.4, 0.5) is 0 Å². The summed E-state index contributed by atoms with van der Waals surface area (Å²) >= 11 is 1.58. The van der Waals surface area contributed by atoms with Gasteiger partial charge in [-0.1, -0.05) is 55.9 Å². The van der Waals surface area contributed by atoms with Crippen molar-refractivity contribution >= 4 is 11.8 Å². The van der Waals surface area contributed by atoms with E-state index in [1.165, 1.54) is 12.8 Å². The number of para-hydroxylation sites is 1. The van der Waals surface area contributed by atoms with E-state index in [1.807, 2.05) is 18.2 Å². The Morgan fingerprint density at radius 2 is 1.92 bits per heavy atom. The summed E-state index contributed by atoms with van der Waals surface area (Å²) in [5.41, 5.74) is 0.980.